The number of hydrogen-bond donors (Lipinski definition) is 0. The van der Waals surface area contributed by atoms with E-state index >= 15 is 0 Å². The highest BCUT2D eigenvalue weighted by Gasteiger charge is 2.16. The van der Waals surface area contributed by atoms with Gasteiger partial charge in [0.15, 0.2) is 0 Å². The molecular formula is C25H25Cl2NO2. The van der Waals surface area contributed by atoms with Crippen LogP contribution in [0.15, 0.2) is 60.7 Å². The lowest BCUT2D eigenvalue weighted by atomic mass is 9.95. The number of carbonyl (C=O) groups is 1. The summed E-state index contributed by atoms with van der Waals surface area (Å²) in [6.07, 6.45) is 0.174. The lowest BCUT2D eigenvalue weighted by Crippen LogP contribution is -2.33. The van der Waals surface area contributed by atoms with E-state index in [9.17, 15) is 4.79 Å². The average molecular weight is 442 g/mol. The number of rotatable bonds is 6. The van der Waals surface area contributed by atoms with E-state index < -0.39 is 6.09 Å². The minimum Gasteiger partial charge on any atom is -0.410 e. The van der Waals surface area contributed by atoms with E-state index in [-0.39, 0.29) is 0 Å². The van der Waals surface area contributed by atoms with E-state index in [4.69, 9.17) is 27.9 Å². The molecule has 0 bridgehead atoms. The fraction of sp³-hybridized carbons (Fsp3) is 0.240. The van der Waals surface area contributed by atoms with Gasteiger partial charge in [-0.25, -0.2) is 4.79 Å². The molecule has 0 saturated heterocycles. The third kappa shape index (κ3) is 5.16. The first kappa shape index (κ1) is 22.2. The number of aryl methyl sites for hydroxylation is 1. The molecule has 0 aromatic heterocycles. The Labute approximate surface area is 188 Å². The molecule has 0 unspecified atom stereocenters. The van der Waals surface area contributed by atoms with Gasteiger partial charge in [0.1, 0.15) is 5.75 Å². The van der Waals surface area contributed by atoms with Crippen molar-refractivity contribution in [2.24, 2.45) is 0 Å². The maximum absolute atomic E-state index is 12.2. The summed E-state index contributed by atoms with van der Waals surface area (Å²) in [7, 11) is 0. The van der Waals surface area contributed by atoms with E-state index in [0.29, 0.717) is 35.3 Å². The van der Waals surface area contributed by atoms with Gasteiger partial charge in [-0.3, -0.25) is 0 Å². The molecule has 3 aromatic carbocycles. The summed E-state index contributed by atoms with van der Waals surface area (Å²) in [5, 5.41) is 0.957. The lowest BCUT2D eigenvalue weighted by Gasteiger charge is -2.18. The van der Waals surface area contributed by atoms with Crippen molar-refractivity contribution >= 4 is 29.3 Å². The van der Waals surface area contributed by atoms with Gasteiger partial charge in [-0.2, -0.15) is 0 Å². The maximum atomic E-state index is 12.2. The Kier molecular flexibility index (Phi) is 7.41. The van der Waals surface area contributed by atoms with Gasteiger partial charge in [-0.1, -0.05) is 71.7 Å². The fourth-order valence-electron chi connectivity index (χ4n) is 3.37. The van der Waals surface area contributed by atoms with Crippen LogP contribution in [0.25, 0.3) is 11.1 Å². The van der Waals surface area contributed by atoms with Gasteiger partial charge in [0.2, 0.25) is 0 Å². The second-order valence-corrected chi connectivity index (χ2v) is 7.91. The van der Waals surface area contributed by atoms with Gasteiger partial charge in [0, 0.05) is 29.6 Å². The van der Waals surface area contributed by atoms with E-state index in [0.717, 1.165) is 11.1 Å². The van der Waals surface area contributed by atoms with Crippen LogP contribution in [0.3, 0.4) is 0 Å². The Morgan fingerprint density at radius 1 is 0.933 bits per heavy atom. The Bertz CT molecular complexity index is 1010. The van der Waals surface area contributed by atoms with Gasteiger partial charge >= 0.3 is 6.09 Å². The summed E-state index contributed by atoms with van der Waals surface area (Å²) in [5.74, 6) is 0.347. The molecule has 0 saturated carbocycles. The molecule has 0 aliphatic carbocycles. The van der Waals surface area contributed by atoms with Crippen LogP contribution >= 0.6 is 23.2 Å². The quantitative estimate of drug-likeness (QED) is 0.398. The molecule has 0 heterocycles. The number of ether oxygens (including phenoxy) is 1. The van der Waals surface area contributed by atoms with Crippen LogP contribution in [-0.2, 0) is 6.42 Å². The number of benzene rings is 3. The molecule has 156 valence electrons. The van der Waals surface area contributed by atoms with Gasteiger partial charge in [0.25, 0.3) is 0 Å². The second kappa shape index (κ2) is 10.0. The maximum Gasteiger partial charge on any atom is 0.415 e. The molecule has 3 aromatic rings. The molecule has 5 heteroatoms. The predicted octanol–water partition coefficient (Wildman–Crippen LogP) is 7.40. The zero-order chi connectivity index (χ0) is 21.7. The summed E-state index contributed by atoms with van der Waals surface area (Å²) in [6.45, 7) is 7.06. The summed E-state index contributed by atoms with van der Waals surface area (Å²) in [5.41, 5.74) is 5.48. The van der Waals surface area contributed by atoms with Crippen LogP contribution in [-0.4, -0.2) is 24.1 Å². The number of nitrogens with zero attached hydrogens (tertiary/aromatic N) is 1. The van der Waals surface area contributed by atoms with Crippen LogP contribution in [0, 0.1) is 6.92 Å². The largest absolute Gasteiger partial charge is 0.415 e. The average Bonchev–Trinajstić information content (AvgIpc) is 2.73. The topological polar surface area (TPSA) is 29.5 Å². The second-order valence-electron chi connectivity index (χ2n) is 7.10. The van der Waals surface area contributed by atoms with Crippen molar-refractivity contribution in [3.63, 3.8) is 0 Å². The molecule has 1 amide bonds. The summed E-state index contributed by atoms with van der Waals surface area (Å²) < 4.78 is 5.44. The van der Waals surface area contributed by atoms with E-state index in [1.54, 1.807) is 17.0 Å². The smallest absolute Gasteiger partial charge is 0.410 e. The van der Waals surface area contributed by atoms with Crippen molar-refractivity contribution in [2.75, 3.05) is 13.1 Å². The zero-order valence-corrected chi connectivity index (χ0v) is 18.9. The molecular weight excluding hydrogens is 417 g/mol. The van der Waals surface area contributed by atoms with Crippen LogP contribution in [0.5, 0.6) is 5.75 Å². The zero-order valence-electron chi connectivity index (χ0n) is 17.4. The number of halogens is 2. The summed E-state index contributed by atoms with van der Waals surface area (Å²) >= 11 is 13.0. The van der Waals surface area contributed by atoms with Gasteiger partial charge < -0.3 is 9.64 Å². The first-order chi connectivity index (χ1) is 14.4. The molecule has 30 heavy (non-hydrogen) atoms. The van der Waals surface area contributed by atoms with Crippen molar-refractivity contribution in [3.05, 3.63) is 87.4 Å². The number of hydrogen-bond acceptors (Lipinski definition) is 2. The number of carbonyl (C=O) groups excluding carboxylic acids is 1. The molecule has 0 N–H and O–H groups in total. The SMILES string of the molecule is CCN(CC)C(=O)Oc1cc(Cl)c(Cc2ccc(C)c(-c3ccccc3)c2)c(Cl)c1. The Morgan fingerprint density at radius 2 is 1.57 bits per heavy atom. The highest BCUT2D eigenvalue weighted by molar-refractivity contribution is 6.36. The van der Waals surface area contributed by atoms with E-state index in [1.807, 2.05) is 32.0 Å². The van der Waals surface area contributed by atoms with Crippen molar-refractivity contribution < 1.29 is 9.53 Å². The van der Waals surface area contributed by atoms with E-state index in [1.165, 1.54) is 16.7 Å². The Morgan fingerprint density at radius 3 is 2.17 bits per heavy atom. The molecule has 0 fully saturated rings. The molecule has 0 aliphatic heterocycles. The monoisotopic (exact) mass is 441 g/mol. The van der Waals surface area contributed by atoms with Gasteiger partial charge in [-0.05, 0) is 60.7 Å². The normalized spacial score (nSPS) is 10.7. The molecule has 3 rings (SSSR count). The third-order valence-corrected chi connectivity index (χ3v) is 5.78. The van der Waals surface area contributed by atoms with Crippen molar-refractivity contribution in [3.8, 4) is 16.9 Å². The molecule has 0 aliphatic rings. The highest BCUT2D eigenvalue weighted by atomic mass is 35.5. The number of amides is 1. The minimum atomic E-state index is -0.411. The van der Waals surface area contributed by atoms with Gasteiger partial charge in [-0.15, -0.1) is 0 Å². The van der Waals surface area contributed by atoms with Crippen molar-refractivity contribution in [1.29, 1.82) is 0 Å². The van der Waals surface area contributed by atoms with Crippen LogP contribution in [0.2, 0.25) is 10.0 Å². The van der Waals surface area contributed by atoms with Crippen LogP contribution < -0.4 is 4.74 Å². The highest BCUT2D eigenvalue weighted by Crippen LogP contribution is 2.33. The molecule has 0 atom stereocenters. The standard InChI is InChI=1S/C25H25Cl2NO2/c1-4-28(5-2)25(29)30-20-15-23(26)22(24(27)16-20)14-18-12-11-17(3)21(13-18)19-9-7-6-8-10-19/h6-13,15-16H,4-5,14H2,1-3H3. The van der Waals surface area contributed by atoms with Gasteiger partial charge in [0.05, 0.1) is 0 Å². The Hall–Kier alpha value is -2.49. The fourth-order valence-corrected chi connectivity index (χ4v) is 3.97. The molecule has 0 spiro atoms. The molecule has 3 nitrogen and oxygen atoms in total. The lowest BCUT2D eigenvalue weighted by molar-refractivity contribution is 0.157. The van der Waals surface area contributed by atoms with Crippen LogP contribution in [0.4, 0.5) is 4.79 Å². The first-order valence-electron chi connectivity index (χ1n) is 10.0. The predicted molar refractivity (Wildman–Crippen MR) is 125 cm³/mol. The third-order valence-electron chi connectivity index (χ3n) is 5.11. The summed E-state index contributed by atoms with van der Waals surface area (Å²) in [4.78, 5) is 13.8. The van der Waals surface area contributed by atoms with Crippen LogP contribution in [0.1, 0.15) is 30.5 Å². The summed E-state index contributed by atoms with van der Waals surface area (Å²) in [6, 6.07) is 20.0. The Balaban J connectivity index is 1.85. The molecule has 0 radical (unpaired) electrons. The minimum absolute atomic E-state index is 0.347. The van der Waals surface area contributed by atoms with E-state index in [2.05, 4.69) is 37.3 Å². The van der Waals surface area contributed by atoms with Crippen molar-refractivity contribution in [2.45, 2.75) is 27.2 Å². The first-order valence-corrected chi connectivity index (χ1v) is 10.8. The van der Waals surface area contributed by atoms with Crippen molar-refractivity contribution in [1.82, 2.24) is 4.90 Å².